The van der Waals surface area contributed by atoms with Crippen LogP contribution >= 0.6 is 0 Å². The number of hydrogen-bond acceptors (Lipinski definition) is 6. The molecule has 2 aromatic rings. The molecule has 9 heteroatoms. The molecule has 200 valence electrons. The van der Waals surface area contributed by atoms with Gasteiger partial charge in [0, 0.05) is 23.7 Å². The highest BCUT2D eigenvalue weighted by Crippen LogP contribution is 2.53. The molecule has 1 aromatic heterocycles. The van der Waals surface area contributed by atoms with Gasteiger partial charge in [-0.25, -0.2) is 14.0 Å². The molecule has 1 aliphatic heterocycles. The number of carboxylic acids is 1. The largest absolute Gasteiger partial charge is 0.479 e. The van der Waals surface area contributed by atoms with E-state index in [2.05, 4.69) is 16.4 Å². The number of nitrogens with one attached hydrogen (secondary N) is 1. The van der Waals surface area contributed by atoms with E-state index < -0.39 is 18.7 Å². The Labute approximate surface area is 220 Å². The fourth-order valence-electron chi connectivity index (χ4n) is 6.63. The molecule has 1 amide bonds. The van der Waals surface area contributed by atoms with Crippen LogP contribution in [0.1, 0.15) is 38.3 Å². The first-order valence-corrected chi connectivity index (χ1v) is 13.0. The number of fused-ring (bicyclic) bond motifs is 2. The van der Waals surface area contributed by atoms with Gasteiger partial charge in [0.25, 0.3) is 0 Å². The highest BCUT2D eigenvalue weighted by Gasteiger charge is 2.54. The molecular weight excluding hydrogens is 491 g/mol. The zero-order valence-electron chi connectivity index (χ0n) is 21.1. The van der Waals surface area contributed by atoms with E-state index in [9.17, 15) is 18.8 Å². The number of pyridine rings is 1. The smallest absolute Gasteiger partial charge is 0.407 e. The Morgan fingerprint density at radius 1 is 1.21 bits per heavy atom. The van der Waals surface area contributed by atoms with Crippen molar-refractivity contribution in [3.8, 4) is 11.1 Å². The average Bonchev–Trinajstić information content (AvgIpc) is 3.18. The lowest BCUT2D eigenvalue weighted by Gasteiger charge is -2.47. The second kappa shape index (κ2) is 10.9. The van der Waals surface area contributed by atoms with Gasteiger partial charge in [0.05, 0.1) is 11.6 Å². The van der Waals surface area contributed by atoms with Crippen molar-refractivity contribution in [1.29, 1.82) is 0 Å². The van der Waals surface area contributed by atoms with Crippen LogP contribution in [0.2, 0.25) is 0 Å². The van der Waals surface area contributed by atoms with Crippen LogP contribution in [0.3, 0.4) is 0 Å². The number of cyclic esters (lactones) is 1. The predicted molar refractivity (Wildman–Crippen MR) is 136 cm³/mol. The second-order valence-electron chi connectivity index (χ2n) is 10.5. The summed E-state index contributed by atoms with van der Waals surface area (Å²) in [5.41, 5.74) is 2.37. The van der Waals surface area contributed by atoms with E-state index >= 15 is 0 Å². The normalized spacial score (nSPS) is 30.3. The number of benzene rings is 1. The molecular formula is C29H31FN2O6. The van der Waals surface area contributed by atoms with Crippen molar-refractivity contribution in [2.45, 2.75) is 44.8 Å². The van der Waals surface area contributed by atoms with Gasteiger partial charge in [0.2, 0.25) is 0 Å². The Bertz CT molecular complexity index is 1230. The molecule has 0 spiro atoms. The van der Waals surface area contributed by atoms with Crippen molar-refractivity contribution < 1.29 is 33.4 Å². The van der Waals surface area contributed by atoms with Gasteiger partial charge in [-0.15, -0.1) is 0 Å². The number of rotatable bonds is 6. The molecule has 2 aliphatic carbocycles. The number of aliphatic carboxylic acids is 1. The number of nitrogens with zero attached hydrogens (tertiary/aromatic N) is 1. The van der Waals surface area contributed by atoms with Gasteiger partial charge in [-0.05, 0) is 80.2 Å². The van der Waals surface area contributed by atoms with E-state index in [1.54, 1.807) is 12.3 Å². The van der Waals surface area contributed by atoms with Crippen molar-refractivity contribution >= 4 is 24.1 Å². The van der Waals surface area contributed by atoms with Crippen molar-refractivity contribution in [2.75, 3.05) is 6.61 Å². The van der Waals surface area contributed by atoms with E-state index in [1.807, 2.05) is 31.2 Å². The van der Waals surface area contributed by atoms with E-state index in [1.165, 1.54) is 12.1 Å². The number of carbonyl (C=O) groups is 3. The minimum Gasteiger partial charge on any atom is -0.479 e. The van der Waals surface area contributed by atoms with Crippen LogP contribution in [-0.2, 0) is 19.1 Å². The molecule has 1 aromatic carbocycles. The van der Waals surface area contributed by atoms with Gasteiger partial charge in [0.15, 0.2) is 6.61 Å². The van der Waals surface area contributed by atoms with Crippen molar-refractivity contribution in [2.24, 2.45) is 29.6 Å². The maximum Gasteiger partial charge on any atom is 0.407 e. The third-order valence-electron chi connectivity index (χ3n) is 8.23. The molecule has 7 atom stereocenters. The number of hydrogen-bond donors (Lipinski definition) is 2. The summed E-state index contributed by atoms with van der Waals surface area (Å²) in [6.45, 7) is 1.28. The maximum atomic E-state index is 13.6. The lowest BCUT2D eigenvalue weighted by atomic mass is 9.57. The summed E-state index contributed by atoms with van der Waals surface area (Å²) in [4.78, 5) is 39.9. The van der Waals surface area contributed by atoms with Crippen LogP contribution in [-0.4, -0.2) is 46.9 Å². The third kappa shape index (κ3) is 5.56. The van der Waals surface area contributed by atoms with Crippen molar-refractivity contribution in [3.05, 3.63) is 60.2 Å². The first kappa shape index (κ1) is 25.9. The molecule has 2 saturated carbocycles. The Morgan fingerprint density at radius 3 is 2.79 bits per heavy atom. The topological polar surface area (TPSA) is 115 Å². The molecule has 3 aliphatic rings. The number of carbonyl (C=O) groups excluding carboxylic acids is 2. The minimum absolute atomic E-state index is 0.0802. The molecule has 0 bridgehead atoms. The summed E-state index contributed by atoms with van der Waals surface area (Å²) in [6, 6.07) is 10.1. The number of amides is 1. The van der Waals surface area contributed by atoms with E-state index in [-0.39, 0.29) is 47.6 Å². The zero-order chi connectivity index (χ0) is 26.8. The van der Waals surface area contributed by atoms with Gasteiger partial charge in [-0.3, -0.25) is 9.78 Å². The lowest BCUT2D eigenvalue weighted by molar-refractivity contribution is -0.144. The maximum absolute atomic E-state index is 13.6. The predicted octanol–water partition coefficient (Wildman–Crippen LogP) is 4.69. The first-order chi connectivity index (χ1) is 18.3. The summed E-state index contributed by atoms with van der Waals surface area (Å²) in [5.74, 6) is -1.12. The molecule has 1 saturated heterocycles. The summed E-state index contributed by atoms with van der Waals surface area (Å²) in [5, 5.41) is 11.5. The van der Waals surface area contributed by atoms with Crippen LogP contribution in [0.25, 0.3) is 17.2 Å². The quantitative estimate of drug-likeness (QED) is 0.529. The average molecular weight is 523 g/mol. The van der Waals surface area contributed by atoms with Crippen molar-refractivity contribution in [1.82, 2.24) is 10.3 Å². The van der Waals surface area contributed by atoms with Gasteiger partial charge < -0.3 is 19.9 Å². The number of aromatic nitrogens is 1. The van der Waals surface area contributed by atoms with E-state index in [0.717, 1.165) is 29.7 Å². The number of ether oxygens (including phenoxy) is 2. The van der Waals surface area contributed by atoms with Gasteiger partial charge >= 0.3 is 18.0 Å². The monoisotopic (exact) mass is 522 g/mol. The fraction of sp³-hybridized carbons (Fsp3) is 0.448. The Morgan fingerprint density at radius 2 is 2.05 bits per heavy atom. The van der Waals surface area contributed by atoms with Gasteiger partial charge in [-0.2, -0.15) is 0 Å². The lowest BCUT2D eigenvalue weighted by Crippen LogP contribution is -2.48. The van der Waals surface area contributed by atoms with Gasteiger partial charge in [0.1, 0.15) is 11.9 Å². The van der Waals surface area contributed by atoms with Crippen LogP contribution in [0, 0.1) is 35.4 Å². The summed E-state index contributed by atoms with van der Waals surface area (Å²) >= 11 is 0. The highest BCUT2D eigenvalue weighted by molar-refractivity contribution is 5.76. The molecule has 2 heterocycles. The summed E-state index contributed by atoms with van der Waals surface area (Å²) < 4.78 is 24.0. The number of allylic oxidation sites excluding steroid dienone is 1. The Kier molecular flexibility index (Phi) is 7.44. The Balaban J connectivity index is 1.31. The SMILES string of the molecule is C[C@H]1OC(=O)[C@@H]2C[C@H]3C[C@H](NC(=O)OCC(=O)O)CC[C@H]3[C@H](C=Cc3ccc(-c4cccc(F)c4)cn3)[C@H]12. The van der Waals surface area contributed by atoms with Crippen LogP contribution in [0.5, 0.6) is 0 Å². The summed E-state index contributed by atoms with van der Waals surface area (Å²) in [7, 11) is 0. The fourth-order valence-corrected chi connectivity index (χ4v) is 6.63. The van der Waals surface area contributed by atoms with Crippen LogP contribution < -0.4 is 5.32 Å². The van der Waals surface area contributed by atoms with E-state index in [0.29, 0.717) is 18.8 Å². The summed E-state index contributed by atoms with van der Waals surface area (Å²) in [6.07, 6.45) is 7.99. The molecule has 8 nitrogen and oxygen atoms in total. The molecule has 38 heavy (non-hydrogen) atoms. The van der Waals surface area contributed by atoms with Crippen LogP contribution in [0.4, 0.5) is 9.18 Å². The minimum atomic E-state index is -1.20. The molecule has 3 fully saturated rings. The molecule has 0 radical (unpaired) electrons. The van der Waals surface area contributed by atoms with Gasteiger partial charge in [-0.1, -0.05) is 24.3 Å². The third-order valence-corrected chi connectivity index (χ3v) is 8.23. The number of esters is 1. The van der Waals surface area contributed by atoms with E-state index in [4.69, 9.17) is 14.6 Å². The molecule has 5 rings (SSSR count). The standard InChI is InChI=1S/C29H31FN2O6/c1-16-27-24(10-7-21-6-5-18(14-31-21)17-3-2-4-20(30)11-17)23-9-8-22(32-29(36)37-15-26(33)34)12-19(23)13-25(27)28(35)38-16/h2-7,10-11,14,16,19,22-25,27H,8-9,12-13,15H2,1H3,(H,32,36)(H,33,34)/t16-,19-,22-,23-,24+,25-,27+/m1/s1. The Hall–Kier alpha value is -3.75. The van der Waals surface area contributed by atoms with Crippen molar-refractivity contribution in [3.63, 3.8) is 0 Å². The number of halogens is 1. The number of carboxylic acid groups (broad SMARTS) is 1. The first-order valence-electron chi connectivity index (χ1n) is 13.0. The highest BCUT2D eigenvalue weighted by atomic mass is 19.1. The number of alkyl carbamates (subject to hydrolysis) is 1. The molecule has 0 unspecified atom stereocenters. The molecule has 2 N–H and O–H groups in total. The second-order valence-corrected chi connectivity index (χ2v) is 10.5. The van der Waals surface area contributed by atoms with Crippen LogP contribution in [0.15, 0.2) is 48.7 Å². The zero-order valence-corrected chi connectivity index (χ0v) is 21.1.